The zero-order valence-electron chi connectivity index (χ0n) is 8.88. The van der Waals surface area contributed by atoms with Crippen molar-refractivity contribution >= 4 is 5.91 Å². The number of fused-ring (bicyclic) bond motifs is 2. The third-order valence-corrected chi connectivity index (χ3v) is 3.48. The van der Waals surface area contributed by atoms with Crippen LogP contribution in [0.3, 0.4) is 0 Å². The molecule has 0 spiro atoms. The van der Waals surface area contributed by atoms with Gasteiger partial charge in [-0.3, -0.25) is 4.79 Å². The van der Waals surface area contributed by atoms with Crippen molar-refractivity contribution in [2.24, 2.45) is 5.92 Å². The van der Waals surface area contributed by atoms with Gasteiger partial charge in [0, 0.05) is 25.0 Å². The van der Waals surface area contributed by atoms with Crippen molar-refractivity contribution < 1.29 is 4.79 Å². The van der Waals surface area contributed by atoms with Crippen molar-refractivity contribution in [1.29, 1.82) is 0 Å². The molecule has 0 aromatic rings. The van der Waals surface area contributed by atoms with E-state index in [4.69, 9.17) is 0 Å². The van der Waals surface area contributed by atoms with Crippen LogP contribution in [0.4, 0.5) is 0 Å². The van der Waals surface area contributed by atoms with Crippen LogP contribution in [0.15, 0.2) is 0 Å². The summed E-state index contributed by atoms with van der Waals surface area (Å²) >= 11 is 0. The predicted molar refractivity (Wildman–Crippen MR) is 56.0 cm³/mol. The van der Waals surface area contributed by atoms with Crippen molar-refractivity contribution in [2.75, 3.05) is 6.54 Å². The van der Waals surface area contributed by atoms with Crippen molar-refractivity contribution in [3.05, 3.63) is 0 Å². The van der Waals surface area contributed by atoms with Gasteiger partial charge in [0.05, 0.1) is 0 Å². The fourth-order valence-corrected chi connectivity index (χ4v) is 2.72. The molecule has 80 valence electrons. The lowest BCUT2D eigenvalue weighted by molar-refractivity contribution is -0.121. The van der Waals surface area contributed by atoms with E-state index in [1.54, 1.807) is 0 Å². The van der Waals surface area contributed by atoms with E-state index >= 15 is 0 Å². The third kappa shape index (κ3) is 2.27. The normalized spacial score (nSPS) is 35.6. The first-order chi connectivity index (χ1) is 6.78. The van der Waals surface area contributed by atoms with Gasteiger partial charge in [-0.25, -0.2) is 0 Å². The molecular weight excluding hydrogens is 176 g/mol. The molecule has 3 nitrogen and oxygen atoms in total. The minimum absolute atomic E-state index is 0.191. The Hall–Kier alpha value is -0.570. The predicted octanol–water partition coefficient (Wildman–Crippen LogP) is 1.04. The minimum Gasteiger partial charge on any atom is -0.356 e. The average Bonchev–Trinajstić information content (AvgIpc) is 2.54. The Morgan fingerprint density at radius 2 is 2.00 bits per heavy atom. The molecule has 0 aromatic heterocycles. The third-order valence-electron chi connectivity index (χ3n) is 3.48. The van der Waals surface area contributed by atoms with Gasteiger partial charge in [-0.15, -0.1) is 0 Å². The van der Waals surface area contributed by atoms with Crippen molar-refractivity contribution in [2.45, 2.75) is 51.1 Å². The van der Waals surface area contributed by atoms with Crippen LogP contribution in [0.2, 0.25) is 0 Å². The van der Waals surface area contributed by atoms with Gasteiger partial charge in [0.2, 0.25) is 5.91 Å². The molecule has 2 N–H and O–H groups in total. The van der Waals surface area contributed by atoms with Crippen LogP contribution in [-0.4, -0.2) is 24.5 Å². The zero-order chi connectivity index (χ0) is 9.97. The first kappa shape index (κ1) is 9.97. The molecule has 0 saturated carbocycles. The van der Waals surface area contributed by atoms with E-state index in [1.165, 1.54) is 25.7 Å². The Balaban J connectivity index is 1.74. The second kappa shape index (κ2) is 4.30. The standard InChI is InChI=1S/C11H20N2O/c1-2-11(14)12-7-8-5-9-3-4-10(6-8)13-9/h8-10,13H,2-7H2,1H3,(H,12,14). The zero-order valence-corrected chi connectivity index (χ0v) is 8.88. The lowest BCUT2D eigenvalue weighted by atomic mass is 9.92. The van der Waals surface area contributed by atoms with E-state index in [-0.39, 0.29) is 5.91 Å². The molecule has 0 aliphatic carbocycles. The molecule has 2 heterocycles. The summed E-state index contributed by atoms with van der Waals surface area (Å²) in [6.07, 6.45) is 5.78. The molecular formula is C11H20N2O. The molecule has 2 atom stereocenters. The highest BCUT2D eigenvalue weighted by atomic mass is 16.1. The number of nitrogens with one attached hydrogen (secondary N) is 2. The smallest absolute Gasteiger partial charge is 0.219 e. The highest BCUT2D eigenvalue weighted by molar-refractivity contribution is 5.75. The number of carbonyl (C=O) groups excluding carboxylic acids is 1. The van der Waals surface area contributed by atoms with Gasteiger partial charge in [-0.2, -0.15) is 0 Å². The quantitative estimate of drug-likeness (QED) is 0.708. The maximum atomic E-state index is 11.1. The van der Waals surface area contributed by atoms with Crippen molar-refractivity contribution in [3.63, 3.8) is 0 Å². The average molecular weight is 196 g/mol. The van der Waals surface area contributed by atoms with Gasteiger partial charge in [-0.1, -0.05) is 6.92 Å². The fourth-order valence-electron chi connectivity index (χ4n) is 2.72. The van der Waals surface area contributed by atoms with Crippen molar-refractivity contribution in [3.8, 4) is 0 Å². The first-order valence-electron chi connectivity index (χ1n) is 5.80. The van der Waals surface area contributed by atoms with E-state index < -0.39 is 0 Å². The van der Waals surface area contributed by atoms with Gasteiger partial charge in [0.15, 0.2) is 0 Å². The van der Waals surface area contributed by atoms with Gasteiger partial charge in [0.25, 0.3) is 0 Å². The van der Waals surface area contributed by atoms with Crippen LogP contribution < -0.4 is 10.6 Å². The van der Waals surface area contributed by atoms with Crippen LogP contribution in [0, 0.1) is 5.92 Å². The van der Waals surface area contributed by atoms with E-state index in [0.29, 0.717) is 12.3 Å². The summed E-state index contributed by atoms with van der Waals surface area (Å²) in [7, 11) is 0. The second-order valence-corrected chi connectivity index (χ2v) is 4.63. The molecule has 2 fully saturated rings. The van der Waals surface area contributed by atoms with Crippen molar-refractivity contribution in [1.82, 2.24) is 10.6 Å². The summed E-state index contributed by atoms with van der Waals surface area (Å²) < 4.78 is 0. The van der Waals surface area contributed by atoms with E-state index in [0.717, 1.165) is 18.6 Å². The number of carbonyl (C=O) groups is 1. The molecule has 2 unspecified atom stereocenters. The van der Waals surface area contributed by atoms with Gasteiger partial charge in [-0.05, 0) is 31.6 Å². The first-order valence-corrected chi connectivity index (χ1v) is 5.80. The molecule has 2 bridgehead atoms. The van der Waals surface area contributed by atoms with E-state index in [9.17, 15) is 4.79 Å². The molecule has 2 aliphatic rings. The molecule has 14 heavy (non-hydrogen) atoms. The van der Waals surface area contributed by atoms with Gasteiger partial charge < -0.3 is 10.6 Å². The summed E-state index contributed by atoms with van der Waals surface area (Å²) in [6, 6.07) is 1.47. The summed E-state index contributed by atoms with van der Waals surface area (Å²) in [4.78, 5) is 11.1. The van der Waals surface area contributed by atoms with Crippen LogP contribution in [0.25, 0.3) is 0 Å². The topological polar surface area (TPSA) is 41.1 Å². The minimum atomic E-state index is 0.191. The number of amides is 1. The van der Waals surface area contributed by atoms with E-state index in [1.807, 2.05) is 6.92 Å². The highest BCUT2D eigenvalue weighted by Gasteiger charge is 2.33. The summed E-state index contributed by atoms with van der Waals surface area (Å²) in [5.41, 5.74) is 0. The van der Waals surface area contributed by atoms with Gasteiger partial charge >= 0.3 is 0 Å². The van der Waals surface area contributed by atoms with Crippen LogP contribution in [-0.2, 0) is 4.79 Å². The summed E-state index contributed by atoms with van der Waals surface area (Å²) in [6.45, 7) is 2.79. The lowest BCUT2D eigenvalue weighted by Crippen LogP contribution is -2.42. The number of rotatable bonds is 3. The van der Waals surface area contributed by atoms with Crippen LogP contribution in [0.1, 0.15) is 39.0 Å². The molecule has 2 rings (SSSR count). The monoisotopic (exact) mass is 196 g/mol. The maximum Gasteiger partial charge on any atom is 0.219 e. The van der Waals surface area contributed by atoms with E-state index in [2.05, 4.69) is 10.6 Å². The molecule has 2 aliphatic heterocycles. The molecule has 3 heteroatoms. The largest absolute Gasteiger partial charge is 0.356 e. The van der Waals surface area contributed by atoms with Crippen LogP contribution >= 0.6 is 0 Å². The lowest BCUT2D eigenvalue weighted by Gasteiger charge is -2.29. The molecule has 2 saturated heterocycles. The Bertz CT molecular complexity index is 205. The van der Waals surface area contributed by atoms with Gasteiger partial charge in [0.1, 0.15) is 0 Å². The number of piperidine rings is 1. The summed E-state index contributed by atoms with van der Waals surface area (Å²) in [5, 5.41) is 6.61. The SMILES string of the molecule is CCC(=O)NCC1CC2CCC(C1)N2. The summed E-state index contributed by atoms with van der Waals surface area (Å²) in [5.74, 6) is 0.903. The Kier molecular flexibility index (Phi) is 3.06. The second-order valence-electron chi connectivity index (χ2n) is 4.63. The number of hydrogen-bond donors (Lipinski definition) is 2. The Morgan fingerprint density at radius 3 is 2.57 bits per heavy atom. The Labute approximate surface area is 85.6 Å². The Morgan fingerprint density at radius 1 is 1.36 bits per heavy atom. The molecule has 1 amide bonds. The fraction of sp³-hybridized carbons (Fsp3) is 0.909. The maximum absolute atomic E-state index is 11.1. The number of hydrogen-bond acceptors (Lipinski definition) is 2. The molecule has 0 radical (unpaired) electrons. The molecule has 0 aromatic carbocycles. The highest BCUT2D eigenvalue weighted by Crippen LogP contribution is 2.30. The van der Waals surface area contributed by atoms with Crippen LogP contribution in [0.5, 0.6) is 0 Å².